The molecule has 142 valence electrons. The van der Waals surface area contributed by atoms with Gasteiger partial charge in [-0.05, 0) is 49.6 Å². The van der Waals surface area contributed by atoms with E-state index in [4.69, 9.17) is 20.8 Å². The summed E-state index contributed by atoms with van der Waals surface area (Å²) in [7, 11) is 0. The fraction of sp³-hybridized carbons (Fsp3) is 0.273. The molecule has 1 aliphatic heterocycles. The van der Waals surface area contributed by atoms with Gasteiger partial charge in [-0.1, -0.05) is 29.8 Å². The van der Waals surface area contributed by atoms with Gasteiger partial charge in [0.25, 0.3) is 0 Å². The Bertz CT molecular complexity index is 986. The van der Waals surface area contributed by atoms with Gasteiger partial charge in [-0.3, -0.25) is 0 Å². The predicted molar refractivity (Wildman–Crippen MR) is 109 cm³/mol. The predicted octanol–water partition coefficient (Wildman–Crippen LogP) is 5.44. The van der Waals surface area contributed by atoms with Gasteiger partial charge in [-0.2, -0.15) is 10.2 Å². The first kappa shape index (κ1) is 18.4. The summed E-state index contributed by atoms with van der Waals surface area (Å²) in [6.07, 6.45) is 3.44. The van der Waals surface area contributed by atoms with Crippen molar-refractivity contribution in [3.05, 3.63) is 64.8 Å². The lowest BCUT2D eigenvalue weighted by Crippen LogP contribution is -2.29. The Morgan fingerprint density at radius 2 is 1.82 bits per heavy atom. The van der Waals surface area contributed by atoms with Crippen molar-refractivity contribution in [1.82, 2.24) is 4.98 Å². The summed E-state index contributed by atoms with van der Waals surface area (Å²) >= 11 is 6.16. The van der Waals surface area contributed by atoms with Gasteiger partial charge in [0, 0.05) is 29.2 Å². The first-order chi connectivity index (χ1) is 13.7. The standard InChI is InChI=1S/C22H20ClN3O2/c23-19-7-3-2-6-17(19)15-27-18-10-8-16(9-11-18)21-25-20(14-24)22(28-21)26-12-4-1-5-13-26/h2-3,6-11H,1,4-5,12-13,15H2. The number of halogens is 1. The molecule has 0 saturated carbocycles. The number of anilines is 1. The Hall–Kier alpha value is -2.97. The summed E-state index contributed by atoms with van der Waals surface area (Å²) in [5.74, 6) is 1.76. The molecule has 1 aromatic heterocycles. The van der Waals surface area contributed by atoms with Crippen LogP contribution in [0.15, 0.2) is 52.9 Å². The van der Waals surface area contributed by atoms with Gasteiger partial charge < -0.3 is 14.1 Å². The molecule has 2 aromatic carbocycles. The molecule has 0 N–H and O–H groups in total. The molecular formula is C22H20ClN3O2. The van der Waals surface area contributed by atoms with Crippen molar-refractivity contribution in [2.24, 2.45) is 0 Å². The lowest BCUT2D eigenvalue weighted by Gasteiger charge is -2.25. The smallest absolute Gasteiger partial charge is 0.235 e. The minimum absolute atomic E-state index is 0.343. The largest absolute Gasteiger partial charge is 0.489 e. The Morgan fingerprint density at radius 3 is 2.54 bits per heavy atom. The molecular weight excluding hydrogens is 374 g/mol. The first-order valence-electron chi connectivity index (χ1n) is 9.37. The normalized spacial score (nSPS) is 13.9. The monoisotopic (exact) mass is 393 g/mol. The van der Waals surface area contributed by atoms with Crippen molar-refractivity contribution in [3.8, 4) is 23.3 Å². The average molecular weight is 394 g/mol. The second-order valence-corrected chi connectivity index (χ2v) is 7.14. The minimum Gasteiger partial charge on any atom is -0.489 e. The van der Waals surface area contributed by atoms with E-state index < -0.39 is 0 Å². The molecule has 28 heavy (non-hydrogen) atoms. The third kappa shape index (κ3) is 3.97. The zero-order valence-corrected chi connectivity index (χ0v) is 16.2. The summed E-state index contributed by atoms with van der Waals surface area (Å²) in [6, 6.07) is 17.3. The Kier molecular flexibility index (Phi) is 5.50. The molecule has 4 rings (SSSR count). The zero-order chi connectivity index (χ0) is 19.3. The first-order valence-corrected chi connectivity index (χ1v) is 9.75. The molecule has 0 atom stereocenters. The number of nitriles is 1. The van der Waals surface area contributed by atoms with Crippen LogP contribution in [0.2, 0.25) is 5.02 Å². The third-order valence-electron chi connectivity index (χ3n) is 4.81. The number of aromatic nitrogens is 1. The molecule has 0 bridgehead atoms. The van der Waals surface area contributed by atoms with E-state index in [1.807, 2.05) is 48.5 Å². The molecule has 6 heteroatoms. The molecule has 0 amide bonds. The maximum atomic E-state index is 9.42. The van der Waals surface area contributed by atoms with Crippen LogP contribution in [0.1, 0.15) is 30.5 Å². The average Bonchev–Trinajstić information content (AvgIpc) is 3.19. The highest BCUT2D eigenvalue weighted by Crippen LogP contribution is 2.31. The van der Waals surface area contributed by atoms with Crippen LogP contribution in [0.3, 0.4) is 0 Å². The van der Waals surface area contributed by atoms with Crippen LogP contribution in [-0.2, 0) is 6.61 Å². The van der Waals surface area contributed by atoms with Crippen LogP contribution in [-0.4, -0.2) is 18.1 Å². The number of rotatable bonds is 5. The lowest BCUT2D eigenvalue weighted by molar-refractivity contribution is 0.306. The molecule has 0 radical (unpaired) electrons. The van der Waals surface area contributed by atoms with E-state index >= 15 is 0 Å². The Balaban J connectivity index is 1.48. The van der Waals surface area contributed by atoms with Gasteiger partial charge in [-0.15, -0.1) is 0 Å². The molecule has 0 aliphatic carbocycles. The molecule has 0 spiro atoms. The van der Waals surface area contributed by atoms with Crippen LogP contribution in [0.25, 0.3) is 11.5 Å². The van der Waals surface area contributed by atoms with Gasteiger partial charge in [0.1, 0.15) is 18.4 Å². The van der Waals surface area contributed by atoms with Crippen molar-refractivity contribution < 1.29 is 9.15 Å². The van der Waals surface area contributed by atoms with E-state index in [-0.39, 0.29) is 0 Å². The summed E-state index contributed by atoms with van der Waals surface area (Å²) in [5, 5.41) is 10.1. The summed E-state index contributed by atoms with van der Waals surface area (Å²) in [6.45, 7) is 2.20. The van der Waals surface area contributed by atoms with Crippen molar-refractivity contribution >= 4 is 17.5 Å². The molecule has 1 saturated heterocycles. The van der Waals surface area contributed by atoms with Crippen molar-refractivity contribution in [2.45, 2.75) is 25.9 Å². The van der Waals surface area contributed by atoms with Gasteiger partial charge >= 0.3 is 0 Å². The van der Waals surface area contributed by atoms with Crippen molar-refractivity contribution in [3.63, 3.8) is 0 Å². The SMILES string of the molecule is N#Cc1nc(-c2ccc(OCc3ccccc3Cl)cc2)oc1N1CCCCC1. The summed E-state index contributed by atoms with van der Waals surface area (Å²) < 4.78 is 11.8. The van der Waals surface area contributed by atoms with E-state index in [0.717, 1.165) is 42.8 Å². The van der Waals surface area contributed by atoms with Gasteiger partial charge in [0.05, 0.1) is 0 Å². The zero-order valence-electron chi connectivity index (χ0n) is 15.4. The van der Waals surface area contributed by atoms with Gasteiger partial charge in [-0.25, -0.2) is 0 Å². The molecule has 1 fully saturated rings. The molecule has 1 aliphatic rings. The number of oxazole rings is 1. The second kappa shape index (κ2) is 8.37. The van der Waals surface area contributed by atoms with Crippen molar-refractivity contribution in [1.29, 1.82) is 5.26 Å². The number of hydrogen-bond donors (Lipinski definition) is 0. The highest BCUT2D eigenvalue weighted by atomic mass is 35.5. The van der Waals surface area contributed by atoms with Crippen LogP contribution < -0.4 is 9.64 Å². The fourth-order valence-electron chi connectivity index (χ4n) is 3.29. The van der Waals surface area contributed by atoms with E-state index in [9.17, 15) is 5.26 Å². The highest BCUT2D eigenvalue weighted by Gasteiger charge is 2.22. The van der Waals surface area contributed by atoms with Gasteiger partial charge in [0.15, 0.2) is 0 Å². The number of piperidine rings is 1. The minimum atomic E-state index is 0.343. The summed E-state index contributed by atoms with van der Waals surface area (Å²) in [5.41, 5.74) is 2.09. The van der Waals surface area contributed by atoms with E-state index in [0.29, 0.717) is 29.1 Å². The van der Waals surface area contributed by atoms with E-state index in [1.54, 1.807) is 0 Å². The fourth-order valence-corrected chi connectivity index (χ4v) is 3.48. The Labute approximate surface area is 169 Å². The van der Waals surface area contributed by atoms with Crippen LogP contribution in [0.4, 0.5) is 5.88 Å². The molecule has 5 nitrogen and oxygen atoms in total. The lowest BCUT2D eigenvalue weighted by atomic mass is 10.1. The number of ether oxygens (including phenoxy) is 1. The maximum absolute atomic E-state index is 9.42. The van der Waals surface area contributed by atoms with Crippen LogP contribution in [0.5, 0.6) is 5.75 Å². The van der Waals surface area contributed by atoms with E-state index in [1.165, 1.54) is 6.42 Å². The van der Waals surface area contributed by atoms with Gasteiger partial charge in [0.2, 0.25) is 17.5 Å². The quantitative estimate of drug-likeness (QED) is 0.577. The van der Waals surface area contributed by atoms with Crippen LogP contribution >= 0.6 is 11.6 Å². The number of benzene rings is 2. The Morgan fingerprint density at radius 1 is 1.07 bits per heavy atom. The van der Waals surface area contributed by atoms with E-state index in [2.05, 4.69) is 16.0 Å². The topological polar surface area (TPSA) is 62.3 Å². The third-order valence-corrected chi connectivity index (χ3v) is 5.18. The highest BCUT2D eigenvalue weighted by molar-refractivity contribution is 6.31. The molecule has 0 unspecified atom stereocenters. The van der Waals surface area contributed by atoms with Crippen molar-refractivity contribution in [2.75, 3.05) is 18.0 Å². The molecule has 2 heterocycles. The molecule has 3 aromatic rings. The number of nitrogens with zero attached hydrogens (tertiary/aromatic N) is 3. The van der Waals surface area contributed by atoms with Crippen LogP contribution in [0, 0.1) is 11.3 Å². The second-order valence-electron chi connectivity index (χ2n) is 6.74. The number of hydrogen-bond acceptors (Lipinski definition) is 5. The maximum Gasteiger partial charge on any atom is 0.235 e. The summed E-state index contributed by atoms with van der Waals surface area (Å²) in [4.78, 5) is 6.49.